The fourth-order valence-corrected chi connectivity index (χ4v) is 3.42. The van der Waals surface area contributed by atoms with E-state index in [1.54, 1.807) is 0 Å². The molecule has 0 aliphatic carbocycles. The zero-order valence-corrected chi connectivity index (χ0v) is 16.3. The number of piperazine rings is 1. The van der Waals surface area contributed by atoms with E-state index in [9.17, 15) is 14.0 Å². The fourth-order valence-electron chi connectivity index (χ4n) is 3.19. The first-order valence-corrected chi connectivity index (χ1v) is 9.68. The number of halogens is 2. The van der Waals surface area contributed by atoms with Gasteiger partial charge >= 0.3 is 0 Å². The Morgan fingerprint density at radius 1 is 1.00 bits per heavy atom. The second-order valence-corrected chi connectivity index (χ2v) is 7.21. The van der Waals surface area contributed by atoms with Gasteiger partial charge in [0.2, 0.25) is 11.8 Å². The molecule has 7 heteroatoms. The van der Waals surface area contributed by atoms with Crippen molar-refractivity contribution in [1.29, 1.82) is 0 Å². The quantitative estimate of drug-likeness (QED) is 0.805. The van der Waals surface area contributed by atoms with E-state index in [1.165, 1.54) is 24.3 Å². The van der Waals surface area contributed by atoms with Crippen molar-refractivity contribution >= 4 is 29.1 Å². The van der Waals surface area contributed by atoms with Gasteiger partial charge in [0, 0.05) is 43.3 Å². The Morgan fingerprint density at radius 3 is 2.36 bits per heavy atom. The largest absolute Gasteiger partial charge is 0.340 e. The summed E-state index contributed by atoms with van der Waals surface area (Å²) >= 11 is 6.14. The molecule has 1 aliphatic heterocycles. The number of nitrogens with one attached hydrogen (secondary N) is 1. The highest BCUT2D eigenvalue weighted by atomic mass is 35.5. The van der Waals surface area contributed by atoms with E-state index in [0.717, 1.165) is 5.56 Å². The van der Waals surface area contributed by atoms with Crippen molar-refractivity contribution in [3.05, 3.63) is 64.9 Å². The second kappa shape index (κ2) is 9.66. The Hall–Kier alpha value is -2.44. The minimum atomic E-state index is -0.340. The van der Waals surface area contributed by atoms with Crippen LogP contribution in [-0.4, -0.2) is 54.3 Å². The summed E-state index contributed by atoms with van der Waals surface area (Å²) in [4.78, 5) is 28.4. The summed E-state index contributed by atoms with van der Waals surface area (Å²) in [5.74, 6) is -0.381. The molecule has 1 saturated heterocycles. The summed E-state index contributed by atoms with van der Waals surface area (Å²) in [6.07, 6.45) is 1.05. The summed E-state index contributed by atoms with van der Waals surface area (Å²) in [6.45, 7) is 2.75. The Bertz CT molecular complexity index is 821. The lowest BCUT2D eigenvalue weighted by Gasteiger charge is -2.34. The maximum absolute atomic E-state index is 12.9. The zero-order chi connectivity index (χ0) is 19.9. The van der Waals surface area contributed by atoms with Crippen LogP contribution in [0.3, 0.4) is 0 Å². The third-order valence-corrected chi connectivity index (χ3v) is 5.15. The molecule has 0 aromatic heterocycles. The van der Waals surface area contributed by atoms with Gasteiger partial charge in [0.1, 0.15) is 5.82 Å². The average molecular weight is 404 g/mol. The molecule has 0 unspecified atom stereocenters. The van der Waals surface area contributed by atoms with Crippen molar-refractivity contribution in [3.63, 3.8) is 0 Å². The number of carbonyl (C=O) groups excluding carboxylic acids is 2. The number of carbonyl (C=O) groups is 2. The SMILES string of the molecule is O=C(CN1CCN(C(=O)CCc2ccccc2Cl)CC1)Nc1ccc(F)cc1. The first-order valence-electron chi connectivity index (χ1n) is 9.30. The molecule has 2 amide bonds. The molecule has 5 nitrogen and oxygen atoms in total. The molecule has 0 bridgehead atoms. The predicted octanol–water partition coefficient (Wildman–Crippen LogP) is 3.19. The number of hydrogen-bond acceptors (Lipinski definition) is 3. The van der Waals surface area contributed by atoms with Gasteiger partial charge in [0.15, 0.2) is 0 Å². The maximum atomic E-state index is 12.9. The first kappa shape index (κ1) is 20.3. The number of nitrogens with zero attached hydrogens (tertiary/aromatic N) is 2. The minimum Gasteiger partial charge on any atom is -0.340 e. The molecular weight excluding hydrogens is 381 g/mol. The van der Waals surface area contributed by atoms with Gasteiger partial charge in [0.05, 0.1) is 6.54 Å². The van der Waals surface area contributed by atoms with Gasteiger partial charge in [0.25, 0.3) is 0 Å². The van der Waals surface area contributed by atoms with Crippen molar-refractivity contribution in [2.75, 3.05) is 38.0 Å². The van der Waals surface area contributed by atoms with Crippen molar-refractivity contribution in [2.45, 2.75) is 12.8 Å². The zero-order valence-electron chi connectivity index (χ0n) is 15.5. The van der Waals surface area contributed by atoms with Crippen molar-refractivity contribution in [3.8, 4) is 0 Å². The van der Waals surface area contributed by atoms with Gasteiger partial charge in [-0.1, -0.05) is 29.8 Å². The third-order valence-electron chi connectivity index (χ3n) is 4.79. The van der Waals surface area contributed by atoms with Gasteiger partial charge in [-0.3, -0.25) is 14.5 Å². The molecule has 1 N–H and O–H groups in total. The molecule has 3 rings (SSSR count). The summed E-state index contributed by atoms with van der Waals surface area (Å²) in [5.41, 5.74) is 1.55. The van der Waals surface area contributed by atoms with E-state index in [-0.39, 0.29) is 24.2 Å². The molecule has 0 spiro atoms. The predicted molar refractivity (Wildman–Crippen MR) is 108 cm³/mol. The van der Waals surface area contributed by atoms with Gasteiger partial charge in [-0.15, -0.1) is 0 Å². The van der Waals surface area contributed by atoms with Crippen LogP contribution >= 0.6 is 11.6 Å². The lowest BCUT2D eigenvalue weighted by atomic mass is 10.1. The monoisotopic (exact) mass is 403 g/mol. The smallest absolute Gasteiger partial charge is 0.238 e. The molecule has 28 heavy (non-hydrogen) atoms. The molecule has 0 saturated carbocycles. The highest BCUT2D eigenvalue weighted by Gasteiger charge is 2.22. The van der Waals surface area contributed by atoms with Crippen LogP contribution < -0.4 is 5.32 Å². The van der Waals surface area contributed by atoms with E-state index >= 15 is 0 Å². The van der Waals surface area contributed by atoms with Gasteiger partial charge in [-0.25, -0.2) is 4.39 Å². The van der Waals surface area contributed by atoms with Crippen molar-refractivity contribution < 1.29 is 14.0 Å². The Morgan fingerprint density at radius 2 is 1.68 bits per heavy atom. The molecule has 1 heterocycles. The average Bonchev–Trinajstić information content (AvgIpc) is 2.69. The maximum Gasteiger partial charge on any atom is 0.238 e. The first-order chi connectivity index (χ1) is 13.5. The second-order valence-electron chi connectivity index (χ2n) is 6.80. The van der Waals surface area contributed by atoms with E-state index in [4.69, 9.17) is 11.6 Å². The molecule has 0 radical (unpaired) electrons. The van der Waals surface area contributed by atoms with E-state index in [2.05, 4.69) is 5.32 Å². The third kappa shape index (κ3) is 5.78. The van der Waals surface area contributed by atoms with Crippen LogP contribution in [0.15, 0.2) is 48.5 Å². The number of anilines is 1. The van der Waals surface area contributed by atoms with E-state index in [0.29, 0.717) is 49.7 Å². The number of amides is 2. The minimum absolute atomic E-state index is 0.107. The van der Waals surface area contributed by atoms with E-state index < -0.39 is 0 Å². The van der Waals surface area contributed by atoms with Gasteiger partial charge in [-0.2, -0.15) is 0 Å². The van der Waals surface area contributed by atoms with Crippen molar-refractivity contribution in [2.24, 2.45) is 0 Å². The van der Waals surface area contributed by atoms with Crippen LogP contribution in [-0.2, 0) is 16.0 Å². The van der Waals surface area contributed by atoms with Crippen LogP contribution in [0.1, 0.15) is 12.0 Å². The topological polar surface area (TPSA) is 52.7 Å². The molecule has 1 fully saturated rings. The highest BCUT2D eigenvalue weighted by Crippen LogP contribution is 2.17. The molecule has 1 aliphatic rings. The van der Waals surface area contributed by atoms with Crippen LogP contribution in [0, 0.1) is 5.82 Å². The van der Waals surface area contributed by atoms with Crippen LogP contribution in [0.25, 0.3) is 0 Å². The summed E-state index contributed by atoms with van der Waals surface area (Å²) in [5, 5.41) is 3.44. The fraction of sp³-hybridized carbons (Fsp3) is 0.333. The Balaban J connectivity index is 1.40. The molecule has 2 aromatic carbocycles. The van der Waals surface area contributed by atoms with Crippen LogP contribution in [0.5, 0.6) is 0 Å². The number of aryl methyl sites for hydroxylation is 1. The van der Waals surface area contributed by atoms with Gasteiger partial charge in [-0.05, 0) is 42.3 Å². The summed E-state index contributed by atoms with van der Waals surface area (Å²) in [6, 6.07) is 13.2. The number of hydrogen-bond donors (Lipinski definition) is 1. The summed E-state index contributed by atoms with van der Waals surface area (Å²) < 4.78 is 12.9. The number of rotatable bonds is 6. The molecular formula is C21H23ClFN3O2. The Labute approximate surface area is 169 Å². The Kier molecular flexibility index (Phi) is 7.01. The van der Waals surface area contributed by atoms with Crippen LogP contribution in [0.2, 0.25) is 5.02 Å². The molecule has 2 aromatic rings. The van der Waals surface area contributed by atoms with Crippen molar-refractivity contribution in [1.82, 2.24) is 9.80 Å². The molecule has 148 valence electrons. The van der Waals surface area contributed by atoms with Crippen LogP contribution in [0.4, 0.5) is 10.1 Å². The molecule has 0 atom stereocenters. The lowest BCUT2D eigenvalue weighted by molar-refractivity contribution is -0.133. The summed E-state index contributed by atoms with van der Waals surface area (Å²) in [7, 11) is 0. The normalized spacial score (nSPS) is 14.7. The van der Waals surface area contributed by atoms with Gasteiger partial charge < -0.3 is 10.2 Å². The number of benzene rings is 2. The van der Waals surface area contributed by atoms with E-state index in [1.807, 2.05) is 34.1 Å². The lowest BCUT2D eigenvalue weighted by Crippen LogP contribution is -2.50. The highest BCUT2D eigenvalue weighted by molar-refractivity contribution is 6.31. The standard InChI is InChI=1S/C21H23ClFN3O2/c22-19-4-2-1-3-16(19)5-10-21(28)26-13-11-25(12-14-26)15-20(27)24-18-8-6-17(23)7-9-18/h1-4,6-9H,5,10-15H2,(H,24,27).